The summed E-state index contributed by atoms with van der Waals surface area (Å²) in [6.45, 7) is 0. The Labute approximate surface area is 84.7 Å². The molecule has 0 radical (unpaired) electrons. The molecule has 0 saturated heterocycles. The summed E-state index contributed by atoms with van der Waals surface area (Å²) in [4.78, 5) is 3.92. The Bertz CT molecular complexity index is 254. The number of nitrogens with zero attached hydrogens (tertiary/aromatic N) is 1. The molecule has 0 aliphatic heterocycles. The van der Waals surface area contributed by atoms with Crippen molar-refractivity contribution >= 4 is 40.2 Å². The highest BCUT2D eigenvalue weighted by atomic mass is 79.9. The first-order chi connectivity index (χ1) is 5.24. The molecule has 1 aromatic rings. The number of pyridine rings is 1. The van der Waals surface area contributed by atoms with Gasteiger partial charge in [0.1, 0.15) is 5.15 Å². The Morgan fingerprint density at radius 1 is 1.64 bits per heavy atom. The second-order valence-electron chi connectivity index (χ2n) is 2.07. The van der Waals surface area contributed by atoms with Crippen molar-refractivity contribution in [2.45, 2.75) is 6.42 Å². The van der Waals surface area contributed by atoms with E-state index in [0.29, 0.717) is 5.15 Å². The zero-order chi connectivity index (χ0) is 8.27. The molecule has 0 aliphatic rings. The van der Waals surface area contributed by atoms with Crippen LogP contribution in [-0.4, -0.2) is 10.7 Å². The van der Waals surface area contributed by atoms with Gasteiger partial charge in [-0.3, -0.25) is 0 Å². The van der Waals surface area contributed by atoms with Crippen molar-refractivity contribution in [1.82, 2.24) is 4.98 Å². The minimum absolute atomic E-state index is 0.532. The van der Waals surface area contributed by atoms with Gasteiger partial charge in [-0.25, -0.2) is 4.98 Å². The SMILES string of the molecule is SCCc1cc(Cl)ncc1Br. The van der Waals surface area contributed by atoms with Gasteiger partial charge in [0, 0.05) is 10.7 Å². The first kappa shape index (κ1) is 9.36. The van der Waals surface area contributed by atoms with Crippen LogP contribution in [0, 0.1) is 0 Å². The molecule has 0 bridgehead atoms. The fraction of sp³-hybridized carbons (Fsp3) is 0.286. The number of hydrogen-bond acceptors (Lipinski definition) is 2. The zero-order valence-electron chi connectivity index (χ0n) is 5.72. The van der Waals surface area contributed by atoms with Crippen LogP contribution in [0.2, 0.25) is 5.15 Å². The van der Waals surface area contributed by atoms with Crippen LogP contribution in [0.15, 0.2) is 16.7 Å². The van der Waals surface area contributed by atoms with Gasteiger partial charge in [0.05, 0.1) is 0 Å². The second-order valence-corrected chi connectivity index (χ2v) is 3.76. The minimum atomic E-state index is 0.532. The summed E-state index contributed by atoms with van der Waals surface area (Å²) in [5.41, 5.74) is 1.15. The van der Waals surface area contributed by atoms with Crippen LogP contribution < -0.4 is 0 Å². The molecule has 0 atom stereocenters. The third-order valence-corrected chi connectivity index (χ3v) is 2.43. The molecule has 1 heterocycles. The van der Waals surface area contributed by atoms with Gasteiger partial charge in [-0.15, -0.1) is 0 Å². The minimum Gasteiger partial charge on any atom is -0.243 e. The smallest absolute Gasteiger partial charge is 0.129 e. The molecule has 0 unspecified atom stereocenters. The summed E-state index contributed by atoms with van der Waals surface area (Å²) in [6, 6.07) is 1.85. The molecule has 1 nitrogen and oxygen atoms in total. The predicted octanol–water partition coefficient (Wildman–Crippen LogP) is 2.97. The normalized spacial score (nSPS) is 10.1. The van der Waals surface area contributed by atoms with E-state index in [9.17, 15) is 0 Å². The van der Waals surface area contributed by atoms with E-state index in [1.807, 2.05) is 6.07 Å². The lowest BCUT2D eigenvalue weighted by Crippen LogP contribution is -1.89. The molecule has 0 aromatic carbocycles. The van der Waals surface area contributed by atoms with Gasteiger partial charge in [0.15, 0.2) is 0 Å². The Morgan fingerprint density at radius 2 is 2.36 bits per heavy atom. The zero-order valence-corrected chi connectivity index (χ0v) is 8.96. The van der Waals surface area contributed by atoms with Crippen LogP contribution in [0.5, 0.6) is 0 Å². The molecule has 1 rings (SSSR count). The maximum Gasteiger partial charge on any atom is 0.129 e. The molecule has 0 fully saturated rings. The Morgan fingerprint density at radius 3 is 3.00 bits per heavy atom. The number of hydrogen-bond donors (Lipinski definition) is 1. The third-order valence-electron chi connectivity index (χ3n) is 1.28. The molecule has 0 spiro atoms. The topological polar surface area (TPSA) is 12.9 Å². The van der Waals surface area contributed by atoms with Gasteiger partial charge in [-0.1, -0.05) is 11.6 Å². The van der Waals surface area contributed by atoms with Crippen LogP contribution in [0.3, 0.4) is 0 Å². The van der Waals surface area contributed by atoms with Crippen LogP contribution in [0.1, 0.15) is 5.56 Å². The van der Waals surface area contributed by atoms with Gasteiger partial charge in [0.25, 0.3) is 0 Å². The predicted molar refractivity (Wildman–Crippen MR) is 54.5 cm³/mol. The monoisotopic (exact) mass is 251 g/mol. The Balaban J connectivity index is 2.93. The van der Waals surface area contributed by atoms with Gasteiger partial charge in [-0.2, -0.15) is 12.6 Å². The van der Waals surface area contributed by atoms with E-state index in [-0.39, 0.29) is 0 Å². The first-order valence-corrected chi connectivity index (χ1v) is 4.95. The standard InChI is InChI=1S/C7H7BrClNS/c8-6-4-10-7(9)3-5(6)1-2-11/h3-4,11H,1-2H2. The number of aromatic nitrogens is 1. The van der Waals surface area contributed by atoms with Crippen LogP contribution >= 0.6 is 40.2 Å². The molecular formula is C7H7BrClNS. The van der Waals surface area contributed by atoms with Crippen molar-refractivity contribution in [1.29, 1.82) is 0 Å². The summed E-state index contributed by atoms with van der Waals surface area (Å²) in [6.07, 6.45) is 2.62. The lowest BCUT2D eigenvalue weighted by Gasteiger charge is -2.00. The highest BCUT2D eigenvalue weighted by molar-refractivity contribution is 9.10. The number of aryl methyl sites for hydroxylation is 1. The summed E-state index contributed by atoms with van der Waals surface area (Å²) in [5, 5.41) is 0.532. The first-order valence-electron chi connectivity index (χ1n) is 3.15. The molecule has 0 amide bonds. The van der Waals surface area contributed by atoms with Gasteiger partial charge in [-0.05, 0) is 39.7 Å². The number of rotatable bonds is 2. The fourth-order valence-corrected chi connectivity index (χ4v) is 1.60. The summed E-state index contributed by atoms with van der Waals surface area (Å²) >= 11 is 13.2. The maximum atomic E-state index is 5.70. The lowest BCUT2D eigenvalue weighted by atomic mass is 10.2. The lowest BCUT2D eigenvalue weighted by molar-refractivity contribution is 1.12. The average molecular weight is 253 g/mol. The van der Waals surface area contributed by atoms with E-state index >= 15 is 0 Å². The van der Waals surface area contributed by atoms with Crippen LogP contribution in [-0.2, 0) is 6.42 Å². The van der Waals surface area contributed by atoms with E-state index < -0.39 is 0 Å². The average Bonchev–Trinajstić information content (AvgIpc) is 1.98. The largest absolute Gasteiger partial charge is 0.243 e. The van der Waals surface area contributed by atoms with E-state index in [2.05, 4.69) is 33.5 Å². The third kappa shape index (κ3) is 2.65. The molecule has 60 valence electrons. The maximum absolute atomic E-state index is 5.70. The quantitative estimate of drug-likeness (QED) is 0.631. The molecule has 0 aliphatic carbocycles. The second kappa shape index (κ2) is 4.33. The fourth-order valence-electron chi connectivity index (χ4n) is 0.763. The van der Waals surface area contributed by atoms with Gasteiger partial charge < -0.3 is 0 Å². The molecule has 0 saturated carbocycles. The van der Waals surface area contributed by atoms with Gasteiger partial charge in [0.2, 0.25) is 0 Å². The summed E-state index contributed by atoms with van der Waals surface area (Å²) < 4.78 is 0.996. The van der Waals surface area contributed by atoms with E-state index in [1.165, 1.54) is 0 Å². The van der Waals surface area contributed by atoms with Gasteiger partial charge >= 0.3 is 0 Å². The summed E-state index contributed by atoms with van der Waals surface area (Å²) in [7, 11) is 0. The summed E-state index contributed by atoms with van der Waals surface area (Å²) in [5.74, 6) is 0.818. The Hall–Kier alpha value is 0.270. The van der Waals surface area contributed by atoms with Crippen molar-refractivity contribution in [3.63, 3.8) is 0 Å². The van der Waals surface area contributed by atoms with Crippen LogP contribution in [0.25, 0.3) is 0 Å². The molecular weight excluding hydrogens is 246 g/mol. The number of halogens is 2. The molecule has 4 heteroatoms. The van der Waals surface area contributed by atoms with Crippen molar-refractivity contribution in [3.8, 4) is 0 Å². The molecule has 1 aromatic heterocycles. The van der Waals surface area contributed by atoms with E-state index in [1.54, 1.807) is 6.20 Å². The van der Waals surface area contributed by atoms with Crippen molar-refractivity contribution < 1.29 is 0 Å². The van der Waals surface area contributed by atoms with Crippen molar-refractivity contribution in [3.05, 3.63) is 27.5 Å². The Kier molecular flexibility index (Phi) is 3.69. The van der Waals surface area contributed by atoms with E-state index in [0.717, 1.165) is 22.2 Å². The highest BCUT2D eigenvalue weighted by Gasteiger charge is 1.99. The van der Waals surface area contributed by atoms with Crippen molar-refractivity contribution in [2.24, 2.45) is 0 Å². The molecule has 0 N–H and O–H groups in total. The van der Waals surface area contributed by atoms with E-state index in [4.69, 9.17) is 11.6 Å². The van der Waals surface area contributed by atoms with Crippen molar-refractivity contribution in [2.75, 3.05) is 5.75 Å². The number of thiol groups is 1. The van der Waals surface area contributed by atoms with Crippen LogP contribution in [0.4, 0.5) is 0 Å². The highest BCUT2D eigenvalue weighted by Crippen LogP contribution is 2.19. The molecule has 11 heavy (non-hydrogen) atoms.